The number of imidazole rings is 1. The first-order valence-electron chi connectivity index (χ1n) is 11.3. The number of para-hydroxylation sites is 1. The van der Waals surface area contributed by atoms with Gasteiger partial charge in [0, 0.05) is 17.5 Å². The Morgan fingerprint density at radius 1 is 1.09 bits per heavy atom. The Kier molecular flexibility index (Phi) is 6.32. The summed E-state index contributed by atoms with van der Waals surface area (Å²) < 4.78 is 30.8. The van der Waals surface area contributed by atoms with Crippen LogP contribution in [0.15, 0.2) is 59.5 Å². The predicted molar refractivity (Wildman–Crippen MR) is 137 cm³/mol. The average molecular weight is 515 g/mol. The summed E-state index contributed by atoms with van der Waals surface area (Å²) in [6, 6.07) is 16.5. The van der Waals surface area contributed by atoms with Crippen LogP contribution in [0.25, 0.3) is 22.2 Å². The molecule has 1 N–H and O–H groups in total. The summed E-state index contributed by atoms with van der Waals surface area (Å²) in [5, 5.41) is 0.962. The van der Waals surface area contributed by atoms with Crippen LogP contribution < -0.4 is 4.74 Å². The number of aromatic amines is 1. The van der Waals surface area contributed by atoms with Crippen molar-refractivity contribution in [3.8, 4) is 16.9 Å². The van der Waals surface area contributed by atoms with Crippen molar-refractivity contribution in [2.24, 2.45) is 5.92 Å². The molecular formula is C26H24Cl2N2O3S. The van der Waals surface area contributed by atoms with Crippen molar-refractivity contribution >= 4 is 44.1 Å². The van der Waals surface area contributed by atoms with E-state index in [4.69, 9.17) is 32.9 Å². The van der Waals surface area contributed by atoms with Crippen molar-refractivity contribution in [2.45, 2.75) is 31.1 Å². The smallest absolute Gasteiger partial charge is 0.178 e. The van der Waals surface area contributed by atoms with Crippen molar-refractivity contribution in [1.29, 1.82) is 0 Å². The Hall–Kier alpha value is -2.54. The molecule has 34 heavy (non-hydrogen) atoms. The molecule has 0 spiro atoms. The quantitative estimate of drug-likeness (QED) is 0.283. The lowest BCUT2D eigenvalue weighted by Gasteiger charge is -2.13. The van der Waals surface area contributed by atoms with Gasteiger partial charge in [0.2, 0.25) is 0 Å². The third kappa shape index (κ3) is 4.67. The summed E-state index contributed by atoms with van der Waals surface area (Å²) in [4.78, 5) is 8.39. The lowest BCUT2D eigenvalue weighted by atomic mass is 10.0. The number of hydrogen-bond acceptors (Lipinski definition) is 4. The molecule has 0 radical (unpaired) electrons. The van der Waals surface area contributed by atoms with E-state index >= 15 is 0 Å². The van der Waals surface area contributed by atoms with Crippen LogP contribution in [-0.4, -0.2) is 30.7 Å². The maximum absolute atomic E-state index is 12.5. The zero-order chi connectivity index (χ0) is 23.9. The fraction of sp³-hybridized carbons (Fsp3) is 0.269. The van der Waals surface area contributed by atoms with Gasteiger partial charge in [-0.15, -0.1) is 0 Å². The minimum absolute atomic E-state index is 0.240. The number of ether oxygens (including phenoxy) is 1. The van der Waals surface area contributed by atoms with Gasteiger partial charge in [-0.2, -0.15) is 0 Å². The Morgan fingerprint density at radius 2 is 1.82 bits per heavy atom. The summed E-state index contributed by atoms with van der Waals surface area (Å²) in [6.07, 6.45) is 2.53. The number of hydrogen-bond donors (Lipinski definition) is 1. The Labute approximate surface area is 209 Å². The van der Waals surface area contributed by atoms with Gasteiger partial charge in [-0.3, -0.25) is 0 Å². The molecule has 0 unspecified atom stereocenters. The van der Waals surface area contributed by atoms with Crippen LogP contribution in [0.4, 0.5) is 0 Å². The maximum Gasteiger partial charge on any atom is 0.178 e. The second-order valence-corrected chi connectivity index (χ2v) is 11.4. The van der Waals surface area contributed by atoms with Crippen LogP contribution in [0, 0.1) is 5.92 Å². The molecule has 1 aliphatic rings. The van der Waals surface area contributed by atoms with Gasteiger partial charge in [0.1, 0.15) is 17.1 Å². The van der Waals surface area contributed by atoms with Crippen LogP contribution >= 0.6 is 23.2 Å². The van der Waals surface area contributed by atoms with Crippen LogP contribution in [0.2, 0.25) is 10.0 Å². The van der Waals surface area contributed by atoms with Crippen LogP contribution in [0.1, 0.15) is 31.2 Å². The van der Waals surface area contributed by atoms with E-state index in [9.17, 15) is 8.42 Å². The number of benzene rings is 3. The molecule has 4 aromatic rings. The first-order valence-corrected chi connectivity index (χ1v) is 13.7. The molecule has 0 saturated heterocycles. The number of rotatable bonds is 8. The van der Waals surface area contributed by atoms with E-state index in [-0.39, 0.29) is 5.75 Å². The minimum Gasteiger partial charge on any atom is -0.493 e. The van der Waals surface area contributed by atoms with E-state index in [2.05, 4.69) is 4.98 Å². The van der Waals surface area contributed by atoms with Gasteiger partial charge in [0.25, 0.3) is 0 Å². The predicted octanol–water partition coefficient (Wildman–Crippen LogP) is 6.71. The molecule has 5 nitrogen and oxygen atoms in total. The molecule has 176 valence electrons. The Balaban J connectivity index is 1.44. The number of sulfone groups is 1. The van der Waals surface area contributed by atoms with E-state index in [0.29, 0.717) is 50.7 Å². The number of fused-ring (bicyclic) bond motifs is 1. The standard InChI is InChI=1S/C26H24Cl2N2O3S/c1-2-33-22-6-4-3-5-19(22)24-20(27)14-21-26(25(24)28)30-23(29-21)13-16-9-11-18(12-10-16)34(31,32)15-17-7-8-17/h3-6,9-12,14,17H,2,7-8,13,15H2,1H3,(H,29,30). The second-order valence-electron chi connectivity index (χ2n) is 8.60. The van der Waals surface area contributed by atoms with Gasteiger partial charge < -0.3 is 9.72 Å². The van der Waals surface area contributed by atoms with Gasteiger partial charge in [0.15, 0.2) is 9.84 Å². The topological polar surface area (TPSA) is 72.1 Å². The fourth-order valence-electron chi connectivity index (χ4n) is 4.12. The number of aromatic nitrogens is 2. The highest BCUT2D eigenvalue weighted by molar-refractivity contribution is 7.91. The third-order valence-corrected chi connectivity index (χ3v) is 8.55. The van der Waals surface area contributed by atoms with Crippen molar-refractivity contribution in [3.63, 3.8) is 0 Å². The first-order chi connectivity index (χ1) is 16.4. The van der Waals surface area contributed by atoms with Crippen molar-refractivity contribution < 1.29 is 13.2 Å². The SMILES string of the molecule is CCOc1ccccc1-c1c(Cl)cc2[nH]c(Cc3ccc(S(=O)(=O)CC4CC4)cc3)nc2c1Cl. The number of halogens is 2. The molecule has 0 amide bonds. The van der Waals surface area contributed by atoms with Crippen LogP contribution in [0.3, 0.4) is 0 Å². The second kappa shape index (κ2) is 9.25. The normalized spacial score (nSPS) is 14.0. The third-order valence-electron chi connectivity index (χ3n) is 5.98. The molecule has 1 heterocycles. The van der Waals surface area contributed by atoms with Gasteiger partial charge in [-0.05, 0) is 55.5 Å². The molecule has 1 fully saturated rings. The molecule has 1 saturated carbocycles. The van der Waals surface area contributed by atoms with E-state index in [1.807, 2.05) is 49.4 Å². The largest absolute Gasteiger partial charge is 0.493 e. The summed E-state index contributed by atoms with van der Waals surface area (Å²) in [6.45, 7) is 2.46. The lowest BCUT2D eigenvalue weighted by Crippen LogP contribution is -2.08. The highest BCUT2D eigenvalue weighted by Gasteiger charge is 2.29. The zero-order valence-electron chi connectivity index (χ0n) is 18.6. The maximum atomic E-state index is 12.5. The highest BCUT2D eigenvalue weighted by Crippen LogP contribution is 2.43. The molecule has 1 aliphatic carbocycles. The lowest BCUT2D eigenvalue weighted by molar-refractivity contribution is 0.341. The number of nitrogens with one attached hydrogen (secondary N) is 1. The molecule has 5 rings (SSSR count). The summed E-state index contributed by atoms with van der Waals surface area (Å²) in [7, 11) is -3.22. The monoisotopic (exact) mass is 514 g/mol. The number of H-pyrrole nitrogens is 1. The highest BCUT2D eigenvalue weighted by atomic mass is 35.5. The summed E-state index contributed by atoms with van der Waals surface area (Å²) >= 11 is 13.4. The van der Waals surface area contributed by atoms with Crippen molar-refractivity contribution in [1.82, 2.24) is 9.97 Å². The Morgan fingerprint density at radius 3 is 2.53 bits per heavy atom. The molecule has 0 aliphatic heterocycles. The summed E-state index contributed by atoms with van der Waals surface area (Å²) in [5.41, 5.74) is 3.82. The van der Waals surface area contributed by atoms with Gasteiger partial charge in [0.05, 0.1) is 32.8 Å². The molecule has 1 aromatic heterocycles. The fourth-order valence-corrected chi connectivity index (χ4v) is 6.51. The molecule has 0 bridgehead atoms. The van der Waals surface area contributed by atoms with E-state index in [0.717, 1.165) is 35.3 Å². The minimum atomic E-state index is -3.22. The summed E-state index contributed by atoms with van der Waals surface area (Å²) in [5.74, 6) is 1.99. The molecular weight excluding hydrogens is 491 g/mol. The molecule has 8 heteroatoms. The van der Waals surface area contributed by atoms with Crippen molar-refractivity contribution in [2.75, 3.05) is 12.4 Å². The average Bonchev–Trinajstić information content (AvgIpc) is 3.52. The first kappa shape index (κ1) is 23.2. The molecule has 3 aromatic carbocycles. The van der Waals surface area contributed by atoms with Crippen LogP contribution in [-0.2, 0) is 16.3 Å². The van der Waals surface area contributed by atoms with Crippen molar-refractivity contribution in [3.05, 3.63) is 76.0 Å². The zero-order valence-corrected chi connectivity index (χ0v) is 21.0. The number of nitrogens with zero attached hydrogens (tertiary/aromatic N) is 1. The molecule has 0 atom stereocenters. The van der Waals surface area contributed by atoms with E-state index < -0.39 is 9.84 Å². The van der Waals surface area contributed by atoms with Gasteiger partial charge in [-0.1, -0.05) is 53.5 Å². The van der Waals surface area contributed by atoms with E-state index in [1.54, 1.807) is 12.1 Å². The van der Waals surface area contributed by atoms with Crippen LogP contribution in [0.5, 0.6) is 5.75 Å². The Bertz CT molecular complexity index is 1460. The van der Waals surface area contributed by atoms with E-state index in [1.165, 1.54) is 0 Å². The van der Waals surface area contributed by atoms with Gasteiger partial charge >= 0.3 is 0 Å². The van der Waals surface area contributed by atoms with Gasteiger partial charge in [-0.25, -0.2) is 13.4 Å².